The average Bonchev–Trinajstić information content (AvgIpc) is 2.38. The summed E-state index contributed by atoms with van der Waals surface area (Å²) >= 11 is 0. The molecule has 2 N–H and O–H groups in total. The molecule has 0 bridgehead atoms. The van der Waals surface area contributed by atoms with Gasteiger partial charge in [-0.3, -0.25) is 0 Å². The molecular formula is C15H25NO2. The predicted octanol–water partition coefficient (Wildman–Crippen LogP) is 3.15. The summed E-state index contributed by atoms with van der Waals surface area (Å²) in [5, 5.41) is 19.4. The van der Waals surface area contributed by atoms with E-state index in [0.717, 1.165) is 44.3 Å². The first-order valence-corrected chi connectivity index (χ1v) is 6.90. The summed E-state index contributed by atoms with van der Waals surface area (Å²) in [6.07, 6.45) is 10.9. The Bertz CT molecular complexity index is 323. The minimum absolute atomic E-state index is 0.0229. The van der Waals surface area contributed by atoms with Crippen LogP contribution in [0.3, 0.4) is 0 Å². The van der Waals surface area contributed by atoms with E-state index in [9.17, 15) is 10.2 Å². The van der Waals surface area contributed by atoms with E-state index in [1.807, 2.05) is 12.3 Å². The van der Waals surface area contributed by atoms with Crippen molar-refractivity contribution in [2.75, 3.05) is 13.1 Å². The molecule has 0 aromatic carbocycles. The normalized spacial score (nSPS) is 21.2. The van der Waals surface area contributed by atoms with Crippen LogP contribution in [0.5, 0.6) is 0 Å². The second-order valence-corrected chi connectivity index (χ2v) is 4.73. The van der Waals surface area contributed by atoms with Crippen LogP contribution in [0.2, 0.25) is 0 Å². The molecule has 0 spiro atoms. The van der Waals surface area contributed by atoms with Crippen LogP contribution in [0, 0.1) is 0 Å². The van der Waals surface area contributed by atoms with Gasteiger partial charge in [0.15, 0.2) is 0 Å². The van der Waals surface area contributed by atoms with Gasteiger partial charge in [0, 0.05) is 24.9 Å². The van der Waals surface area contributed by atoms with Crippen LogP contribution in [-0.4, -0.2) is 34.3 Å². The third kappa shape index (κ3) is 4.57. The van der Waals surface area contributed by atoms with E-state index in [2.05, 4.69) is 18.7 Å². The number of nitrogens with zero attached hydrogens (tertiary/aromatic N) is 1. The van der Waals surface area contributed by atoms with Gasteiger partial charge in [-0.1, -0.05) is 38.8 Å². The zero-order valence-electron chi connectivity index (χ0n) is 11.5. The smallest absolute Gasteiger partial charge is 0.137 e. The summed E-state index contributed by atoms with van der Waals surface area (Å²) in [6, 6.07) is 0. The van der Waals surface area contributed by atoms with Gasteiger partial charge in [-0.15, -0.1) is 0 Å². The lowest BCUT2D eigenvalue weighted by Crippen LogP contribution is -2.23. The molecule has 1 aliphatic carbocycles. The molecule has 0 heterocycles. The number of unbranched alkanes of at least 4 members (excludes halogenated alkanes) is 2. The maximum atomic E-state index is 9.87. The quantitative estimate of drug-likeness (QED) is 0.730. The topological polar surface area (TPSA) is 43.7 Å². The first kappa shape index (κ1) is 14.8. The van der Waals surface area contributed by atoms with Crippen molar-refractivity contribution in [2.45, 2.75) is 45.6 Å². The molecule has 0 amide bonds. The van der Waals surface area contributed by atoms with Crippen molar-refractivity contribution in [3.8, 4) is 0 Å². The highest BCUT2D eigenvalue weighted by molar-refractivity contribution is 5.36. The zero-order chi connectivity index (χ0) is 13.4. The molecule has 1 atom stereocenters. The molecule has 1 unspecified atom stereocenters. The lowest BCUT2D eigenvalue weighted by molar-refractivity contribution is 0.182. The first-order chi connectivity index (χ1) is 8.69. The number of hydrogen-bond donors (Lipinski definition) is 2. The lowest BCUT2D eigenvalue weighted by atomic mass is 10.0. The number of allylic oxidation sites excluding steroid dienone is 2. The molecule has 0 fully saturated rings. The van der Waals surface area contributed by atoms with E-state index in [0.29, 0.717) is 0 Å². The van der Waals surface area contributed by atoms with Crippen LogP contribution in [0.4, 0.5) is 0 Å². The largest absolute Gasteiger partial charge is 0.509 e. The third-order valence-corrected chi connectivity index (χ3v) is 3.08. The molecule has 18 heavy (non-hydrogen) atoms. The van der Waals surface area contributed by atoms with Crippen molar-refractivity contribution in [2.24, 2.45) is 0 Å². The number of rotatable bonds is 7. The molecule has 0 saturated heterocycles. The second kappa shape index (κ2) is 7.98. The molecule has 102 valence electrons. The molecule has 0 aromatic rings. The number of hydrogen-bond acceptors (Lipinski definition) is 3. The zero-order valence-corrected chi connectivity index (χ0v) is 11.5. The van der Waals surface area contributed by atoms with Gasteiger partial charge in [-0.05, 0) is 18.9 Å². The van der Waals surface area contributed by atoms with Gasteiger partial charge < -0.3 is 15.1 Å². The van der Waals surface area contributed by atoms with Gasteiger partial charge in [0.05, 0.1) is 0 Å². The fourth-order valence-corrected chi connectivity index (χ4v) is 1.90. The van der Waals surface area contributed by atoms with Crippen molar-refractivity contribution in [3.05, 3.63) is 35.8 Å². The molecule has 0 aromatic heterocycles. The van der Waals surface area contributed by atoms with Gasteiger partial charge in [-0.25, -0.2) is 0 Å². The Balaban J connectivity index is 2.67. The molecule has 1 aliphatic rings. The summed E-state index contributed by atoms with van der Waals surface area (Å²) in [7, 11) is 0. The summed E-state index contributed by atoms with van der Waals surface area (Å²) in [5.74, 6) is 0.0229. The number of aliphatic hydroxyl groups is 2. The first-order valence-electron chi connectivity index (χ1n) is 6.90. The molecule has 3 heteroatoms. The maximum absolute atomic E-state index is 9.87. The van der Waals surface area contributed by atoms with Crippen LogP contribution >= 0.6 is 0 Å². The SMILES string of the molecule is CCCCN(/C=C1\C=CC=C(O)C1O)CCCC. The van der Waals surface area contributed by atoms with E-state index in [-0.39, 0.29) is 5.76 Å². The van der Waals surface area contributed by atoms with Gasteiger partial charge >= 0.3 is 0 Å². The van der Waals surface area contributed by atoms with Crippen LogP contribution < -0.4 is 0 Å². The highest BCUT2D eigenvalue weighted by atomic mass is 16.3. The summed E-state index contributed by atoms with van der Waals surface area (Å²) in [6.45, 7) is 6.36. The third-order valence-electron chi connectivity index (χ3n) is 3.08. The summed E-state index contributed by atoms with van der Waals surface area (Å²) in [4.78, 5) is 2.24. The highest BCUT2D eigenvalue weighted by Gasteiger charge is 2.16. The van der Waals surface area contributed by atoms with Gasteiger partial charge in [0.2, 0.25) is 0 Å². The Kier molecular flexibility index (Phi) is 6.58. The van der Waals surface area contributed by atoms with Crippen molar-refractivity contribution in [3.63, 3.8) is 0 Å². The van der Waals surface area contributed by atoms with Gasteiger partial charge in [0.1, 0.15) is 11.9 Å². The van der Waals surface area contributed by atoms with E-state index in [1.165, 1.54) is 6.08 Å². The van der Waals surface area contributed by atoms with Crippen molar-refractivity contribution >= 4 is 0 Å². The Hall–Kier alpha value is -1.22. The van der Waals surface area contributed by atoms with Crippen molar-refractivity contribution in [1.29, 1.82) is 0 Å². The Morgan fingerprint density at radius 3 is 2.39 bits per heavy atom. The molecule has 0 aliphatic heterocycles. The highest BCUT2D eigenvalue weighted by Crippen LogP contribution is 2.17. The van der Waals surface area contributed by atoms with Crippen LogP contribution in [-0.2, 0) is 0 Å². The molecular weight excluding hydrogens is 226 g/mol. The van der Waals surface area contributed by atoms with Crippen molar-refractivity contribution < 1.29 is 10.2 Å². The Labute approximate surface area is 110 Å². The summed E-state index contributed by atoms with van der Waals surface area (Å²) < 4.78 is 0. The van der Waals surface area contributed by atoms with E-state index >= 15 is 0 Å². The van der Waals surface area contributed by atoms with Gasteiger partial charge in [0.25, 0.3) is 0 Å². The minimum Gasteiger partial charge on any atom is -0.509 e. The van der Waals surface area contributed by atoms with Crippen LogP contribution in [0.25, 0.3) is 0 Å². The molecule has 0 radical (unpaired) electrons. The van der Waals surface area contributed by atoms with E-state index < -0.39 is 6.10 Å². The molecule has 0 saturated carbocycles. The predicted molar refractivity (Wildman–Crippen MR) is 75.3 cm³/mol. The fourth-order valence-electron chi connectivity index (χ4n) is 1.90. The molecule has 3 nitrogen and oxygen atoms in total. The second-order valence-electron chi connectivity index (χ2n) is 4.73. The number of aliphatic hydroxyl groups excluding tert-OH is 2. The lowest BCUT2D eigenvalue weighted by Gasteiger charge is -2.23. The fraction of sp³-hybridized carbons (Fsp3) is 0.600. The van der Waals surface area contributed by atoms with E-state index in [1.54, 1.807) is 6.08 Å². The Morgan fingerprint density at radius 2 is 1.83 bits per heavy atom. The summed E-state index contributed by atoms with van der Waals surface area (Å²) in [5.41, 5.74) is 0.766. The van der Waals surface area contributed by atoms with Crippen LogP contribution in [0.1, 0.15) is 39.5 Å². The van der Waals surface area contributed by atoms with Gasteiger partial charge in [-0.2, -0.15) is 0 Å². The Morgan fingerprint density at radius 1 is 1.22 bits per heavy atom. The average molecular weight is 251 g/mol. The monoisotopic (exact) mass is 251 g/mol. The maximum Gasteiger partial charge on any atom is 0.137 e. The standard InChI is InChI=1S/C15H25NO2/c1-3-5-10-16(11-6-4-2)12-13-8-7-9-14(17)15(13)18/h7-9,12,15,17-18H,3-6,10-11H2,1-2H3/b13-12+. The minimum atomic E-state index is -0.874. The van der Waals surface area contributed by atoms with E-state index in [4.69, 9.17) is 0 Å². The molecule has 1 rings (SSSR count). The van der Waals surface area contributed by atoms with Crippen LogP contribution in [0.15, 0.2) is 35.8 Å². The van der Waals surface area contributed by atoms with Crippen molar-refractivity contribution in [1.82, 2.24) is 4.90 Å².